The zero-order chi connectivity index (χ0) is 12.7. The van der Waals surface area contributed by atoms with E-state index in [1.807, 2.05) is 30.3 Å². The van der Waals surface area contributed by atoms with Crippen LogP contribution in [0.5, 0.6) is 0 Å². The first kappa shape index (κ1) is 13.5. The molecule has 94 valence electrons. The van der Waals surface area contributed by atoms with Gasteiger partial charge in [0.05, 0.1) is 6.04 Å². The number of rotatable bonds is 4. The SMILES string of the molecule is CCC(C)C(C)N=C(NN)Nc1ccccc1. The molecule has 4 nitrogen and oxygen atoms in total. The minimum Gasteiger partial charge on any atom is -0.325 e. The second-order valence-corrected chi connectivity index (χ2v) is 4.24. The van der Waals surface area contributed by atoms with Gasteiger partial charge < -0.3 is 5.32 Å². The highest BCUT2D eigenvalue weighted by Crippen LogP contribution is 2.11. The first-order valence-corrected chi connectivity index (χ1v) is 6.03. The van der Waals surface area contributed by atoms with E-state index in [0.717, 1.165) is 12.1 Å². The molecule has 4 N–H and O–H groups in total. The maximum Gasteiger partial charge on any atom is 0.210 e. The van der Waals surface area contributed by atoms with Crippen LogP contribution in [0.4, 0.5) is 5.69 Å². The Kier molecular flexibility index (Phi) is 5.49. The van der Waals surface area contributed by atoms with E-state index in [-0.39, 0.29) is 6.04 Å². The highest BCUT2D eigenvalue weighted by Gasteiger charge is 2.09. The molecule has 2 unspecified atom stereocenters. The second-order valence-electron chi connectivity index (χ2n) is 4.24. The van der Waals surface area contributed by atoms with Gasteiger partial charge in [0.15, 0.2) is 0 Å². The van der Waals surface area contributed by atoms with Crippen molar-refractivity contribution in [3.63, 3.8) is 0 Å². The number of guanidine groups is 1. The number of hydrogen-bond acceptors (Lipinski definition) is 2. The van der Waals surface area contributed by atoms with Gasteiger partial charge >= 0.3 is 0 Å². The lowest BCUT2D eigenvalue weighted by Gasteiger charge is -2.16. The van der Waals surface area contributed by atoms with E-state index < -0.39 is 0 Å². The molecule has 4 heteroatoms. The molecular formula is C13H22N4. The third-order valence-corrected chi connectivity index (χ3v) is 2.97. The third-order valence-electron chi connectivity index (χ3n) is 2.97. The Morgan fingerprint density at radius 3 is 2.47 bits per heavy atom. The number of nitrogens with one attached hydrogen (secondary N) is 2. The molecular weight excluding hydrogens is 212 g/mol. The quantitative estimate of drug-likeness (QED) is 0.324. The van der Waals surface area contributed by atoms with Gasteiger partial charge in [-0.3, -0.25) is 5.43 Å². The Morgan fingerprint density at radius 2 is 1.94 bits per heavy atom. The highest BCUT2D eigenvalue weighted by atomic mass is 15.3. The summed E-state index contributed by atoms with van der Waals surface area (Å²) in [5, 5.41) is 3.15. The van der Waals surface area contributed by atoms with Crippen molar-refractivity contribution in [3.8, 4) is 0 Å². The monoisotopic (exact) mass is 234 g/mol. The van der Waals surface area contributed by atoms with E-state index in [9.17, 15) is 0 Å². The number of anilines is 1. The number of nitrogens with two attached hydrogens (primary N) is 1. The van der Waals surface area contributed by atoms with Gasteiger partial charge in [0, 0.05) is 5.69 Å². The van der Waals surface area contributed by atoms with Crippen molar-refractivity contribution in [1.29, 1.82) is 0 Å². The first-order chi connectivity index (χ1) is 8.17. The van der Waals surface area contributed by atoms with Gasteiger partial charge in [-0.05, 0) is 25.0 Å². The zero-order valence-electron chi connectivity index (χ0n) is 10.8. The average molecular weight is 234 g/mol. The lowest BCUT2D eigenvalue weighted by atomic mass is 10.0. The summed E-state index contributed by atoms with van der Waals surface area (Å²) in [6.45, 7) is 6.44. The molecule has 0 radical (unpaired) electrons. The lowest BCUT2D eigenvalue weighted by Crippen LogP contribution is -2.37. The second kappa shape index (κ2) is 6.91. The number of nitrogens with zero attached hydrogens (tertiary/aromatic N) is 1. The Hall–Kier alpha value is -1.55. The van der Waals surface area contributed by atoms with Crippen molar-refractivity contribution in [3.05, 3.63) is 30.3 Å². The molecule has 0 aromatic heterocycles. The number of benzene rings is 1. The van der Waals surface area contributed by atoms with E-state index in [1.54, 1.807) is 0 Å². The average Bonchev–Trinajstić information content (AvgIpc) is 2.38. The largest absolute Gasteiger partial charge is 0.325 e. The number of aliphatic imine (C=N–C) groups is 1. The molecule has 0 saturated heterocycles. The summed E-state index contributed by atoms with van der Waals surface area (Å²) < 4.78 is 0. The highest BCUT2D eigenvalue weighted by molar-refractivity contribution is 5.93. The Balaban J connectivity index is 2.68. The van der Waals surface area contributed by atoms with Gasteiger partial charge in [-0.15, -0.1) is 0 Å². The fraction of sp³-hybridized carbons (Fsp3) is 0.462. The van der Waals surface area contributed by atoms with Crippen LogP contribution in [0.2, 0.25) is 0 Å². The molecule has 2 atom stereocenters. The van der Waals surface area contributed by atoms with Crippen molar-refractivity contribution < 1.29 is 0 Å². The Labute approximate surface area is 103 Å². The summed E-state index contributed by atoms with van der Waals surface area (Å²) in [7, 11) is 0. The van der Waals surface area contributed by atoms with Crippen LogP contribution in [0.1, 0.15) is 27.2 Å². The third kappa shape index (κ3) is 4.44. The van der Waals surface area contributed by atoms with Crippen molar-refractivity contribution in [1.82, 2.24) is 5.43 Å². The topological polar surface area (TPSA) is 62.4 Å². The minimum atomic E-state index is 0.238. The fourth-order valence-corrected chi connectivity index (χ4v) is 1.44. The molecule has 1 aromatic carbocycles. The lowest BCUT2D eigenvalue weighted by molar-refractivity contribution is 0.471. The summed E-state index contributed by atoms with van der Waals surface area (Å²) in [6, 6.07) is 10.1. The predicted octanol–water partition coefficient (Wildman–Crippen LogP) is 2.35. The van der Waals surface area contributed by atoms with Crippen molar-refractivity contribution in [2.24, 2.45) is 16.8 Å². The van der Waals surface area contributed by atoms with Gasteiger partial charge in [0.2, 0.25) is 5.96 Å². The molecule has 0 fully saturated rings. The number of para-hydroxylation sites is 1. The van der Waals surface area contributed by atoms with Gasteiger partial charge in [-0.2, -0.15) is 0 Å². The van der Waals surface area contributed by atoms with Crippen LogP contribution in [0, 0.1) is 5.92 Å². The summed E-state index contributed by atoms with van der Waals surface area (Å²) in [5.74, 6) is 6.61. The molecule has 0 amide bonds. The minimum absolute atomic E-state index is 0.238. The summed E-state index contributed by atoms with van der Waals surface area (Å²) in [5.41, 5.74) is 3.57. The Bertz CT molecular complexity index is 348. The van der Waals surface area contributed by atoms with Crippen molar-refractivity contribution in [2.45, 2.75) is 33.2 Å². The summed E-state index contributed by atoms with van der Waals surface area (Å²) in [4.78, 5) is 4.53. The van der Waals surface area contributed by atoms with E-state index in [0.29, 0.717) is 11.9 Å². The normalized spacial score (nSPS) is 15.2. The van der Waals surface area contributed by atoms with Crippen molar-refractivity contribution >= 4 is 11.6 Å². The standard InChI is InChI=1S/C13H22N4/c1-4-10(2)11(3)15-13(17-14)16-12-8-6-5-7-9-12/h5-11H,4,14H2,1-3H3,(H2,15,16,17). The van der Waals surface area contributed by atoms with E-state index >= 15 is 0 Å². The molecule has 0 heterocycles. The van der Waals surface area contributed by atoms with Crippen LogP contribution in [0.25, 0.3) is 0 Å². The van der Waals surface area contributed by atoms with Crippen LogP contribution in [-0.2, 0) is 0 Å². The van der Waals surface area contributed by atoms with Crippen LogP contribution in [0.15, 0.2) is 35.3 Å². The van der Waals surface area contributed by atoms with Gasteiger partial charge in [0.25, 0.3) is 0 Å². The van der Waals surface area contributed by atoms with E-state index in [4.69, 9.17) is 5.84 Å². The summed E-state index contributed by atoms with van der Waals surface area (Å²) >= 11 is 0. The van der Waals surface area contributed by atoms with E-state index in [1.165, 1.54) is 0 Å². The van der Waals surface area contributed by atoms with Crippen LogP contribution in [-0.4, -0.2) is 12.0 Å². The smallest absolute Gasteiger partial charge is 0.210 e. The number of hydrogen-bond donors (Lipinski definition) is 3. The molecule has 0 spiro atoms. The molecule has 1 rings (SSSR count). The zero-order valence-corrected chi connectivity index (χ0v) is 10.8. The molecule has 0 aliphatic rings. The van der Waals surface area contributed by atoms with Gasteiger partial charge in [-0.25, -0.2) is 10.8 Å². The molecule has 0 aliphatic heterocycles. The van der Waals surface area contributed by atoms with Gasteiger partial charge in [0.1, 0.15) is 0 Å². The maximum absolute atomic E-state index is 5.47. The van der Waals surface area contributed by atoms with E-state index in [2.05, 4.69) is 36.5 Å². The van der Waals surface area contributed by atoms with Gasteiger partial charge in [-0.1, -0.05) is 38.5 Å². The molecule has 1 aromatic rings. The molecule has 0 saturated carbocycles. The predicted molar refractivity (Wildman–Crippen MR) is 73.7 cm³/mol. The molecule has 17 heavy (non-hydrogen) atoms. The number of hydrazine groups is 1. The molecule has 0 bridgehead atoms. The Morgan fingerprint density at radius 1 is 1.29 bits per heavy atom. The first-order valence-electron chi connectivity index (χ1n) is 6.03. The van der Waals surface area contributed by atoms with Crippen LogP contribution < -0.4 is 16.6 Å². The summed E-state index contributed by atoms with van der Waals surface area (Å²) in [6.07, 6.45) is 1.11. The van der Waals surface area contributed by atoms with Crippen LogP contribution in [0.3, 0.4) is 0 Å². The molecule has 0 aliphatic carbocycles. The maximum atomic E-state index is 5.47. The van der Waals surface area contributed by atoms with Crippen molar-refractivity contribution in [2.75, 3.05) is 5.32 Å². The fourth-order valence-electron chi connectivity index (χ4n) is 1.44. The van der Waals surface area contributed by atoms with Crippen LogP contribution >= 0.6 is 0 Å².